The molecule has 1 aromatic heterocycles. The number of benzene rings is 1. The summed E-state index contributed by atoms with van der Waals surface area (Å²) in [4.78, 5) is 17.0. The average molecular weight is 373 g/mol. The molecule has 0 radical (unpaired) electrons. The van der Waals surface area contributed by atoms with Gasteiger partial charge in [0, 0.05) is 11.4 Å². The van der Waals surface area contributed by atoms with Crippen LogP contribution in [0.15, 0.2) is 30.3 Å². The molecule has 4 nitrogen and oxygen atoms in total. The van der Waals surface area contributed by atoms with Crippen molar-refractivity contribution in [3.8, 4) is 5.75 Å². The van der Waals surface area contributed by atoms with Gasteiger partial charge in [-0.2, -0.15) is 0 Å². The Labute approximate surface area is 160 Å². The molecule has 0 saturated heterocycles. The van der Waals surface area contributed by atoms with Crippen LogP contribution in [0.1, 0.15) is 45.1 Å². The molecule has 1 heterocycles. The van der Waals surface area contributed by atoms with Gasteiger partial charge >= 0.3 is 0 Å². The third-order valence-corrected chi connectivity index (χ3v) is 6.35. The number of carbonyl (C=O) groups is 1. The fraction of sp³-hybridized carbons (Fsp3) is 0.476. The van der Waals surface area contributed by atoms with E-state index in [0.29, 0.717) is 6.54 Å². The summed E-state index contributed by atoms with van der Waals surface area (Å²) in [5, 5.41) is 3.13. The summed E-state index contributed by atoms with van der Waals surface area (Å²) in [5.74, 6) is 1.59. The SMILES string of the molecule is COc1cccc(C(CNC(=O)c2cc3c(s2)CCC(C)C3)N(C)C)c1. The van der Waals surface area contributed by atoms with Gasteiger partial charge < -0.3 is 15.0 Å². The largest absolute Gasteiger partial charge is 0.497 e. The lowest BCUT2D eigenvalue weighted by Crippen LogP contribution is -2.34. The zero-order valence-electron chi connectivity index (χ0n) is 16.0. The van der Waals surface area contributed by atoms with E-state index in [1.54, 1.807) is 18.4 Å². The van der Waals surface area contributed by atoms with Gasteiger partial charge in [0.1, 0.15) is 5.75 Å². The van der Waals surface area contributed by atoms with Gasteiger partial charge in [-0.25, -0.2) is 0 Å². The lowest BCUT2D eigenvalue weighted by molar-refractivity contribution is 0.0946. The predicted molar refractivity (Wildman–Crippen MR) is 107 cm³/mol. The number of fused-ring (bicyclic) bond motifs is 1. The van der Waals surface area contributed by atoms with E-state index in [2.05, 4.69) is 29.3 Å². The number of carbonyl (C=O) groups excluding carboxylic acids is 1. The predicted octanol–water partition coefficient (Wildman–Crippen LogP) is 3.91. The lowest BCUT2D eigenvalue weighted by atomic mass is 9.90. The fourth-order valence-electron chi connectivity index (χ4n) is 3.54. The smallest absolute Gasteiger partial charge is 0.261 e. The minimum Gasteiger partial charge on any atom is -0.497 e. The van der Waals surface area contributed by atoms with Crippen molar-refractivity contribution in [2.24, 2.45) is 5.92 Å². The van der Waals surface area contributed by atoms with E-state index >= 15 is 0 Å². The van der Waals surface area contributed by atoms with Crippen molar-refractivity contribution in [3.63, 3.8) is 0 Å². The molecule has 1 N–H and O–H groups in total. The van der Waals surface area contributed by atoms with Gasteiger partial charge in [-0.15, -0.1) is 11.3 Å². The molecule has 140 valence electrons. The number of likely N-dealkylation sites (N-methyl/N-ethyl adjacent to an activating group) is 1. The van der Waals surface area contributed by atoms with E-state index in [-0.39, 0.29) is 11.9 Å². The number of aryl methyl sites for hydroxylation is 1. The minimum atomic E-state index is 0.0341. The topological polar surface area (TPSA) is 41.6 Å². The van der Waals surface area contributed by atoms with Crippen molar-refractivity contribution < 1.29 is 9.53 Å². The number of nitrogens with zero attached hydrogens (tertiary/aromatic N) is 1. The third kappa shape index (κ3) is 4.27. The molecular weight excluding hydrogens is 344 g/mol. The summed E-state index contributed by atoms with van der Waals surface area (Å²) >= 11 is 1.66. The molecule has 0 fully saturated rings. The van der Waals surface area contributed by atoms with Crippen LogP contribution in [0.2, 0.25) is 0 Å². The van der Waals surface area contributed by atoms with Crippen LogP contribution in [-0.4, -0.2) is 38.6 Å². The average Bonchev–Trinajstić information content (AvgIpc) is 3.05. The van der Waals surface area contributed by atoms with E-state index in [1.807, 2.05) is 32.3 Å². The maximum atomic E-state index is 12.7. The summed E-state index contributed by atoms with van der Waals surface area (Å²) in [6.45, 7) is 2.86. The zero-order valence-corrected chi connectivity index (χ0v) is 16.9. The van der Waals surface area contributed by atoms with Gasteiger partial charge in [0.05, 0.1) is 18.0 Å². The number of nitrogens with one attached hydrogen (secondary N) is 1. The molecule has 2 unspecified atom stereocenters. The van der Waals surface area contributed by atoms with E-state index in [0.717, 1.165) is 34.9 Å². The number of hydrogen-bond acceptors (Lipinski definition) is 4. The van der Waals surface area contributed by atoms with E-state index < -0.39 is 0 Å². The minimum absolute atomic E-state index is 0.0341. The van der Waals surface area contributed by atoms with Gasteiger partial charge in [-0.3, -0.25) is 4.79 Å². The van der Waals surface area contributed by atoms with Crippen LogP contribution in [-0.2, 0) is 12.8 Å². The molecular formula is C21H28N2O2S. The van der Waals surface area contributed by atoms with E-state index in [9.17, 15) is 4.79 Å². The second-order valence-electron chi connectivity index (χ2n) is 7.37. The Bertz CT molecular complexity index is 769. The number of thiophene rings is 1. The second-order valence-corrected chi connectivity index (χ2v) is 8.51. The van der Waals surface area contributed by atoms with Crippen molar-refractivity contribution in [2.75, 3.05) is 27.7 Å². The first-order chi connectivity index (χ1) is 12.5. The highest BCUT2D eigenvalue weighted by Gasteiger charge is 2.22. The van der Waals surface area contributed by atoms with Gasteiger partial charge in [-0.1, -0.05) is 19.1 Å². The number of methoxy groups -OCH3 is 1. The molecule has 0 aliphatic heterocycles. The van der Waals surface area contributed by atoms with Crippen molar-refractivity contribution in [3.05, 3.63) is 51.2 Å². The highest BCUT2D eigenvalue weighted by atomic mass is 32.1. The molecule has 0 bridgehead atoms. The highest BCUT2D eigenvalue weighted by Crippen LogP contribution is 2.32. The van der Waals surface area contributed by atoms with Gasteiger partial charge in [0.2, 0.25) is 0 Å². The summed E-state index contributed by atoms with van der Waals surface area (Å²) in [6.07, 6.45) is 3.44. The van der Waals surface area contributed by atoms with Gasteiger partial charge in [0.25, 0.3) is 5.91 Å². The Balaban J connectivity index is 1.68. The monoisotopic (exact) mass is 372 g/mol. The van der Waals surface area contributed by atoms with Crippen LogP contribution in [0.25, 0.3) is 0 Å². The molecule has 5 heteroatoms. The van der Waals surface area contributed by atoms with Crippen LogP contribution in [0.5, 0.6) is 5.75 Å². The molecule has 2 aromatic rings. The molecule has 1 aromatic carbocycles. The van der Waals surface area contributed by atoms with Crippen LogP contribution in [0, 0.1) is 5.92 Å². The molecule has 1 amide bonds. The zero-order chi connectivity index (χ0) is 18.7. The summed E-state index contributed by atoms with van der Waals surface area (Å²) in [5.41, 5.74) is 2.50. The Morgan fingerprint density at radius 3 is 2.92 bits per heavy atom. The Morgan fingerprint density at radius 2 is 2.19 bits per heavy atom. The fourth-order valence-corrected chi connectivity index (χ4v) is 4.67. The molecule has 1 aliphatic carbocycles. The summed E-state index contributed by atoms with van der Waals surface area (Å²) in [7, 11) is 5.73. The van der Waals surface area contributed by atoms with Gasteiger partial charge in [-0.05, 0) is 68.6 Å². The first kappa shape index (κ1) is 18.9. The second kappa shape index (κ2) is 8.23. The molecule has 1 aliphatic rings. The first-order valence-electron chi connectivity index (χ1n) is 9.18. The number of ether oxygens (including phenoxy) is 1. The van der Waals surface area contributed by atoms with Gasteiger partial charge in [0.15, 0.2) is 0 Å². The molecule has 3 rings (SSSR count). The van der Waals surface area contributed by atoms with Crippen LogP contribution >= 0.6 is 11.3 Å². The molecule has 2 atom stereocenters. The maximum Gasteiger partial charge on any atom is 0.261 e. The molecule has 26 heavy (non-hydrogen) atoms. The van der Waals surface area contributed by atoms with Crippen molar-refractivity contribution in [1.82, 2.24) is 10.2 Å². The van der Waals surface area contributed by atoms with E-state index in [4.69, 9.17) is 4.74 Å². The van der Waals surface area contributed by atoms with Crippen LogP contribution in [0.3, 0.4) is 0 Å². The molecule has 0 spiro atoms. The van der Waals surface area contributed by atoms with Crippen molar-refractivity contribution >= 4 is 17.2 Å². The first-order valence-corrected chi connectivity index (χ1v) is 9.99. The number of amides is 1. The van der Waals surface area contributed by atoms with Crippen LogP contribution in [0.4, 0.5) is 0 Å². The summed E-state index contributed by atoms with van der Waals surface area (Å²) in [6, 6.07) is 10.2. The van der Waals surface area contributed by atoms with Crippen molar-refractivity contribution in [1.29, 1.82) is 0 Å². The Hall–Kier alpha value is -1.85. The lowest BCUT2D eigenvalue weighted by Gasteiger charge is -2.25. The Morgan fingerprint density at radius 1 is 1.38 bits per heavy atom. The highest BCUT2D eigenvalue weighted by molar-refractivity contribution is 7.14. The quantitative estimate of drug-likeness (QED) is 0.836. The third-order valence-electron chi connectivity index (χ3n) is 5.11. The molecule has 0 saturated carbocycles. The maximum absolute atomic E-state index is 12.7. The van der Waals surface area contributed by atoms with Crippen molar-refractivity contribution in [2.45, 2.75) is 32.2 Å². The number of rotatable bonds is 6. The Kier molecular flexibility index (Phi) is 5.99. The number of hydrogen-bond donors (Lipinski definition) is 1. The normalized spacial score (nSPS) is 17.7. The van der Waals surface area contributed by atoms with Crippen LogP contribution < -0.4 is 10.1 Å². The standard InChI is InChI=1S/C21H28N2O2S/c1-14-8-9-19-16(10-14)12-20(26-19)21(24)22-13-18(23(2)3)15-6-5-7-17(11-15)25-4/h5-7,11-12,14,18H,8-10,13H2,1-4H3,(H,22,24). The summed E-state index contributed by atoms with van der Waals surface area (Å²) < 4.78 is 5.33. The van der Waals surface area contributed by atoms with E-state index in [1.165, 1.54) is 16.9 Å².